The van der Waals surface area contributed by atoms with E-state index in [2.05, 4.69) is 34.5 Å². The first-order valence-electron chi connectivity index (χ1n) is 14.4. The molecule has 1 aromatic heterocycles. The predicted octanol–water partition coefficient (Wildman–Crippen LogP) is 7.87. The summed E-state index contributed by atoms with van der Waals surface area (Å²) in [6, 6.07) is 9.86. The Morgan fingerprint density at radius 2 is 1.57 bits per heavy atom. The number of nitrogens with zero attached hydrogens (tertiary/aromatic N) is 5. The maximum atomic E-state index is 14.9. The van der Waals surface area contributed by atoms with Crippen molar-refractivity contribution in [3.8, 4) is 28.3 Å². The molecule has 5 rings (SSSR count). The van der Waals surface area contributed by atoms with E-state index in [-0.39, 0.29) is 5.75 Å². The molecule has 8 heteroatoms. The molecule has 0 bridgehead atoms. The number of halogens is 2. The normalized spacial score (nSPS) is 22.9. The van der Waals surface area contributed by atoms with Crippen LogP contribution in [-0.2, 0) is 7.05 Å². The van der Waals surface area contributed by atoms with E-state index in [1.54, 1.807) is 19.2 Å². The number of benzene rings is 2. The van der Waals surface area contributed by atoms with Gasteiger partial charge in [-0.05, 0) is 90.8 Å². The minimum atomic E-state index is -0.683. The van der Waals surface area contributed by atoms with E-state index in [9.17, 15) is 8.78 Å². The molecular weight excluding hydrogens is 508 g/mol. The second-order valence-corrected chi connectivity index (χ2v) is 10.8. The molecule has 40 heavy (non-hydrogen) atoms. The van der Waals surface area contributed by atoms with Gasteiger partial charge < -0.3 is 4.74 Å². The Morgan fingerprint density at radius 3 is 2.25 bits per heavy atom. The molecule has 0 atom stereocenters. The lowest BCUT2D eigenvalue weighted by atomic mass is 9.80. The van der Waals surface area contributed by atoms with Gasteiger partial charge in [0.15, 0.2) is 17.4 Å². The fourth-order valence-electron chi connectivity index (χ4n) is 5.51. The van der Waals surface area contributed by atoms with Crippen molar-refractivity contribution in [3.63, 3.8) is 0 Å². The van der Waals surface area contributed by atoms with Crippen LogP contribution in [0, 0.1) is 23.5 Å². The number of aliphatic imine (C=N–C) groups is 1. The molecular formula is C32H37F2N5O. The molecule has 0 radical (unpaired) electrons. The molecule has 2 aromatic carbocycles. The van der Waals surface area contributed by atoms with E-state index in [0.29, 0.717) is 35.4 Å². The van der Waals surface area contributed by atoms with E-state index in [1.165, 1.54) is 28.2 Å². The van der Waals surface area contributed by atoms with Gasteiger partial charge in [0, 0.05) is 17.5 Å². The zero-order valence-corrected chi connectivity index (χ0v) is 23.3. The summed E-state index contributed by atoms with van der Waals surface area (Å²) in [5, 5.41) is 12.0. The van der Waals surface area contributed by atoms with Crippen LogP contribution in [0.1, 0.15) is 64.7 Å². The van der Waals surface area contributed by atoms with Gasteiger partial charge in [0.2, 0.25) is 5.82 Å². The average molecular weight is 546 g/mol. The Bertz CT molecular complexity index is 1360. The van der Waals surface area contributed by atoms with Crippen LogP contribution in [0.5, 0.6) is 5.75 Å². The third kappa shape index (κ3) is 7.09. The van der Waals surface area contributed by atoms with Crippen molar-refractivity contribution in [2.24, 2.45) is 23.9 Å². The van der Waals surface area contributed by atoms with Crippen molar-refractivity contribution in [2.75, 3.05) is 6.61 Å². The summed E-state index contributed by atoms with van der Waals surface area (Å²) in [6.45, 7) is 2.51. The highest BCUT2D eigenvalue weighted by Crippen LogP contribution is 2.35. The van der Waals surface area contributed by atoms with Gasteiger partial charge in [0.25, 0.3) is 0 Å². The van der Waals surface area contributed by atoms with Gasteiger partial charge in [0.1, 0.15) is 0 Å². The molecule has 1 fully saturated rings. The molecule has 2 aliphatic rings. The summed E-state index contributed by atoms with van der Waals surface area (Å²) in [5.74, 6) is -0.180. The molecule has 0 amide bonds. The Kier molecular flexibility index (Phi) is 9.14. The first-order chi connectivity index (χ1) is 19.5. The average Bonchev–Trinajstić information content (AvgIpc) is 3.39. The van der Waals surface area contributed by atoms with Gasteiger partial charge in [0.05, 0.1) is 13.7 Å². The topological polar surface area (TPSA) is 65.2 Å². The van der Waals surface area contributed by atoms with Gasteiger partial charge in [-0.15, -0.1) is 10.2 Å². The minimum absolute atomic E-state index is 0.291. The van der Waals surface area contributed by atoms with E-state index in [4.69, 9.17) is 9.73 Å². The molecule has 3 aromatic rings. The first kappa shape index (κ1) is 27.9. The number of rotatable bonds is 9. The molecule has 6 nitrogen and oxygen atoms in total. The fraction of sp³-hybridized carbons (Fsp3) is 0.438. The maximum Gasteiger partial charge on any atom is 0.204 e. The Morgan fingerprint density at radius 1 is 0.900 bits per heavy atom. The van der Waals surface area contributed by atoms with Crippen LogP contribution in [0.15, 0.2) is 64.8 Å². The second kappa shape index (κ2) is 13.1. The number of aryl methyl sites for hydroxylation is 1. The van der Waals surface area contributed by atoms with Gasteiger partial charge in [-0.3, -0.25) is 4.99 Å². The molecule has 0 spiro atoms. The highest BCUT2D eigenvalue weighted by atomic mass is 19.1. The zero-order chi connectivity index (χ0) is 27.9. The summed E-state index contributed by atoms with van der Waals surface area (Å²) < 4.78 is 35.5. The third-order valence-corrected chi connectivity index (χ3v) is 7.98. The summed E-state index contributed by atoms with van der Waals surface area (Å²) in [6.07, 6.45) is 16.2. The lowest BCUT2D eigenvalue weighted by Gasteiger charge is -2.28. The monoisotopic (exact) mass is 545 g/mol. The maximum absolute atomic E-state index is 14.9. The van der Waals surface area contributed by atoms with E-state index < -0.39 is 11.6 Å². The summed E-state index contributed by atoms with van der Waals surface area (Å²) in [5.41, 5.74) is 4.45. The number of hydrogen-bond donors (Lipinski definition) is 0. The van der Waals surface area contributed by atoms with Crippen LogP contribution in [0.3, 0.4) is 0 Å². The summed E-state index contributed by atoms with van der Waals surface area (Å²) >= 11 is 0. The Labute approximate surface area is 234 Å². The Hall–Kier alpha value is -3.68. The smallest absolute Gasteiger partial charge is 0.204 e. The van der Waals surface area contributed by atoms with Crippen molar-refractivity contribution < 1.29 is 13.5 Å². The standard InChI is InChI=1S/C32H37F2N5O/c1-3-22-6-4-5-7-28(35-20-22)17-12-23-8-10-24(11-9-23)21-40-31-29(33)18-27(19-30(31)34)25-13-15-26(16-14-25)32-36-38-39(2)37-32/h6-7,13-16,18-20,23-24H,3-5,8-12,17,21H2,1-2H3/b22-6-,28-7-,35-20+. The van der Waals surface area contributed by atoms with E-state index >= 15 is 0 Å². The quantitative estimate of drug-likeness (QED) is 0.274. The Balaban J connectivity index is 1.11. The van der Waals surface area contributed by atoms with Gasteiger partial charge in [-0.25, -0.2) is 8.78 Å². The van der Waals surface area contributed by atoms with E-state index in [0.717, 1.165) is 63.4 Å². The molecule has 1 aliphatic heterocycles. The van der Waals surface area contributed by atoms with Crippen LogP contribution in [0.2, 0.25) is 0 Å². The SMILES string of the molecule is CCC1=C\CC\C=C(CCC2CCC(COc3c(F)cc(-c4ccc(-c5nnn(C)n5)cc4)cc3F)CC2)/N=C/1. The van der Waals surface area contributed by atoms with Crippen LogP contribution in [0.25, 0.3) is 22.5 Å². The van der Waals surface area contributed by atoms with Crippen molar-refractivity contribution in [2.45, 2.75) is 64.7 Å². The van der Waals surface area contributed by atoms with Crippen molar-refractivity contribution in [3.05, 3.63) is 71.5 Å². The summed E-state index contributed by atoms with van der Waals surface area (Å²) in [7, 11) is 1.69. The highest BCUT2D eigenvalue weighted by molar-refractivity contribution is 5.79. The molecule has 210 valence electrons. The largest absolute Gasteiger partial charge is 0.487 e. The van der Waals surface area contributed by atoms with Crippen LogP contribution < -0.4 is 4.74 Å². The molecule has 0 N–H and O–H groups in total. The number of tetrazole rings is 1. The lowest BCUT2D eigenvalue weighted by molar-refractivity contribution is 0.170. The van der Waals surface area contributed by atoms with Crippen molar-refractivity contribution in [1.82, 2.24) is 20.2 Å². The molecule has 1 aliphatic carbocycles. The van der Waals surface area contributed by atoms with Crippen LogP contribution in [-0.4, -0.2) is 33.0 Å². The van der Waals surface area contributed by atoms with Crippen LogP contribution >= 0.6 is 0 Å². The van der Waals surface area contributed by atoms with Gasteiger partial charge in [-0.1, -0.05) is 56.2 Å². The molecule has 2 heterocycles. The van der Waals surface area contributed by atoms with Gasteiger partial charge in [-0.2, -0.15) is 4.80 Å². The van der Waals surface area contributed by atoms with Crippen molar-refractivity contribution >= 4 is 6.21 Å². The number of ether oxygens (including phenoxy) is 1. The number of aromatic nitrogens is 4. The number of allylic oxidation sites excluding steroid dienone is 4. The molecule has 0 saturated heterocycles. The highest BCUT2D eigenvalue weighted by Gasteiger charge is 2.23. The minimum Gasteiger partial charge on any atom is -0.487 e. The first-order valence-corrected chi connectivity index (χ1v) is 14.4. The third-order valence-electron chi connectivity index (χ3n) is 7.98. The zero-order valence-electron chi connectivity index (χ0n) is 23.3. The lowest BCUT2D eigenvalue weighted by Crippen LogP contribution is -2.20. The van der Waals surface area contributed by atoms with Gasteiger partial charge >= 0.3 is 0 Å². The van der Waals surface area contributed by atoms with E-state index in [1.807, 2.05) is 18.3 Å². The second-order valence-electron chi connectivity index (χ2n) is 10.8. The fourth-order valence-corrected chi connectivity index (χ4v) is 5.51. The molecule has 1 saturated carbocycles. The predicted molar refractivity (Wildman–Crippen MR) is 154 cm³/mol. The van der Waals surface area contributed by atoms with Crippen LogP contribution in [0.4, 0.5) is 8.78 Å². The van der Waals surface area contributed by atoms with Crippen molar-refractivity contribution in [1.29, 1.82) is 0 Å². The number of hydrogen-bond acceptors (Lipinski definition) is 5. The summed E-state index contributed by atoms with van der Waals surface area (Å²) in [4.78, 5) is 6.11. The molecule has 0 unspecified atom stereocenters.